The van der Waals surface area contributed by atoms with Gasteiger partial charge in [-0.15, -0.1) is 0 Å². The van der Waals surface area contributed by atoms with Crippen LogP contribution in [-0.2, 0) is 9.53 Å². The fourth-order valence-electron chi connectivity index (χ4n) is 3.39. The van der Waals surface area contributed by atoms with Gasteiger partial charge >= 0.3 is 5.97 Å². The number of pyridine rings is 1. The molecule has 0 radical (unpaired) electrons. The van der Waals surface area contributed by atoms with E-state index in [4.69, 9.17) is 9.47 Å². The van der Waals surface area contributed by atoms with Crippen LogP contribution in [0.2, 0.25) is 0 Å². The zero-order valence-electron chi connectivity index (χ0n) is 17.0. The van der Waals surface area contributed by atoms with Crippen molar-refractivity contribution in [3.63, 3.8) is 0 Å². The van der Waals surface area contributed by atoms with E-state index in [1.165, 1.54) is 11.2 Å². The van der Waals surface area contributed by atoms with Crippen LogP contribution >= 0.6 is 0 Å². The molecule has 0 fully saturated rings. The summed E-state index contributed by atoms with van der Waals surface area (Å²) in [4.78, 5) is 29.0. The van der Waals surface area contributed by atoms with E-state index in [0.29, 0.717) is 6.42 Å². The SMILES string of the molecule is COc1ccc([C@@H]2CC(c3ccccc3)=NN2C(=O)COC(=O)c2cccnc2)cc1. The minimum Gasteiger partial charge on any atom is -0.497 e. The molecule has 2 aromatic carbocycles. The minimum atomic E-state index is -0.603. The van der Waals surface area contributed by atoms with E-state index in [1.54, 1.807) is 25.4 Å². The van der Waals surface area contributed by atoms with Crippen molar-refractivity contribution in [1.29, 1.82) is 0 Å². The maximum absolute atomic E-state index is 13.0. The van der Waals surface area contributed by atoms with E-state index in [1.807, 2.05) is 54.6 Å². The Morgan fingerprint density at radius 1 is 1.03 bits per heavy atom. The zero-order chi connectivity index (χ0) is 21.6. The predicted octanol–water partition coefficient (Wildman–Crippen LogP) is 3.62. The van der Waals surface area contributed by atoms with E-state index >= 15 is 0 Å². The lowest BCUT2D eigenvalue weighted by Gasteiger charge is -2.22. The Morgan fingerprint density at radius 2 is 1.81 bits per heavy atom. The Morgan fingerprint density at radius 3 is 2.48 bits per heavy atom. The molecule has 1 amide bonds. The van der Waals surface area contributed by atoms with E-state index in [9.17, 15) is 9.59 Å². The van der Waals surface area contributed by atoms with Crippen LogP contribution in [0.3, 0.4) is 0 Å². The quantitative estimate of drug-likeness (QED) is 0.575. The molecule has 0 saturated heterocycles. The Bertz CT molecular complexity index is 1080. The van der Waals surface area contributed by atoms with Crippen LogP contribution in [0, 0.1) is 0 Å². The van der Waals surface area contributed by atoms with Gasteiger partial charge in [-0.3, -0.25) is 9.78 Å². The Balaban J connectivity index is 1.54. The average molecular weight is 415 g/mol. The first-order valence-electron chi connectivity index (χ1n) is 9.82. The van der Waals surface area contributed by atoms with E-state index in [2.05, 4.69) is 10.1 Å². The molecule has 4 rings (SSSR count). The third-order valence-electron chi connectivity index (χ3n) is 5.00. The van der Waals surface area contributed by atoms with Crippen molar-refractivity contribution in [3.8, 4) is 5.75 Å². The largest absolute Gasteiger partial charge is 0.497 e. The minimum absolute atomic E-state index is 0.289. The molecule has 0 N–H and O–H groups in total. The smallest absolute Gasteiger partial charge is 0.340 e. The molecule has 0 bridgehead atoms. The fourth-order valence-corrected chi connectivity index (χ4v) is 3.39. The van der Waals surface area contributed by atoms with Crippen LogP contribution in [0.5, 0.6) is 5.75 Å². The van der Waals surface area contributed by atoms with E-state index < -0.39 is 18.5 Å². The summed E-state index contributed by atoms with van der Waals surface area (Å²) in [7, 11) is 1.60. The van der Waals surface area contributed by atoms with Crippen molar-refractivity contribution in [1.82, 2.24) is 9.99 Å². The number of benzene rings is 2. The normalized spacial score (nSPS) is 15.3. The van der Waals surface area contributed by atoms with Gasteiger partial charge in [0.1, 0.15) is 5.75 Å². The van der Waals surface area contributed by atoms with Gasteiger partial charge in [0.15, 0.2) is 6.61 Å². The molecule has 0 saturated carbocycles. The first-order valence-corrected chi connectivity index (χ1v) is 9.82. The molecule has 156 valence electrons. The van der Waals surface area contributed by atoms with Crippen molar-refractivity contribution < 1.29 is 19.1 Å². The highest BCUT2D eigenvalue weighted by molar-refractivity contribution is 6.03. The summed E-state index contributed by atoms with van der Waals surface area (Å²) in [6, 6.07) is 20.1. The molecular weight excluding hydrogens is 394 g/mol. The van der Waals surface area contributed by atoms with E-state index in [-0.39, 0.29) is 11.6 Å². The fraction of sp³-hybridized carbons (Fsp3) is 0.167. The molecule has 0 aliphatic carbocycles. The maximum atomic E-state index is 13.0. The van der Waals surface area contributed by atoms with Crippen molar-refractivity contribution in [2.24, 2.45) is 5.10 Å². The molecule has 0 spiro atoms. The van der Waals surface area contributed by atoms with Crippen LogP contribution in [0.15, 0.2) is 84.2 Å². The van der Waals surface area contributed by atoms with Crippen LogP contribution in [-0.4, -0.2) is 41.3 Å². The van der Waals surface area contributed by atoms with Crippen molar-refractivity contribution in [2.75, 3.05) is 13.7 Å². The number of amides is 1. The van der Waals surface area contributed by atoms with Gasteiger partial charge in [0.25, 0.3) is 5.91 Å². The Hall–Kier alpha value is -4.00. The first-order chi connectivity index (χ1) is 15.2. The molecule has 1 aliphatic rings. The van der Waals surface area contributed by atoms with Gasteiger partial charge in [0, 0.05) is 18.8 Å². The monoisotopic (exact) mass is 415 g/mol. The number of ether oxygens (including phenoxy) is 2. The topological polar surface area (TPSA) is 81.1 Å². The summed E-state index contributed by atoms with van der Waals surface area (Å²) in [6.07, 6.45) is 3.51. The number of hydrazone groups is 1. The molecule has 1 aromatic heterocycles. The van der Waals surface area contributed by atoms with Crippen LogP contribution in [0.4, 0.5) is 0 Å². The number of rotatable bonds is 6. The first kappa shape index (κ1) is 20.3. The average Bonchev–Trinajstić information content (AvgIpc) is 3.29. The van der Waals surface area contributed by atoms with Gasteiger partial charge in [-0.05, 0) is 35.4 Å². The van der Waals surface area contributed by atoms with Crippen LogP contribution in [0.25, 0.3) is 0 Å². The van der Waals surface area contributed by atoms with Crippen LogP contribution < -0.4 is 4.74 Å². The van der Waals surface area contributed by atoms with Gasteiger partial charge in [0.2, 0.25) is 0 Å². The summed E-state index contributed by atoms with van der Waals surface area (Å²) >= 11 is 0. The highest BCUT2D eigenvalue weighted by Gasteiger charge is 2.33. The van der Waals surface area contributed by atoms with E-state index in [0.717, 1.165) is 22.6 Å². The second-order valence-corrected chi connectivity index (χ2v) is 6.96. The number of carbonyl (C=O) groups is 2. The third-order valence-corrected chi connectivity index (χ3v) is 5.00. The lowest BCUT2D eigenvalue weighted by molar-refractivity contribution is -0.136. The number of hydrogen-bond acceptors (Lipinski definition) is 6. The summed E-state index contributed by atoms with van der Waals surface area (Å²) in [5.41, 5.74) is 2.95. The third kappa shape index (κ3) is 4.61. The molecule has 3 aromatic rings. The highest BCUT2D eigenvalue weighted by Crippen LogP contribution is 2.33. The molecule has 7 heteroatoms. The van der Waals surface area contributed by atoms with Gasteiger partial charge in [-0.1, -0.05) is 42.5 Å². The van der Waals surface area contributed by atoms with Crippen molar-refractivity contribution in [2.45, 2.75) is 12.5 Å². The second kappa shape index (κ2) is 9.21. The summed E-state index contributed by atoms with van der Waals surface area (Å²) in [5, 5.41) is 5.98. The van der Waals surface area contributed by atoms with Crippen molar-refractivity contribution in [3.05, 3.63) is 95.8 Å². The number of methoxy groups -OCH3 is 1. The zero-order valence-corrected chi connectivity index (χ0v) is 17.0. The summed E-state index contributed by atoms with van der Waals surface area (Å²) < 4.78 is 10.4. The predicted molar refractivity (Wildman–Crippen MR) is 115 cm³/mol. The molecule has 0 unspecified atom stereocenters. The van der Waals surface area contributed by atoms with Crippen LogP contribution in [0.1, 0.15) is 33.9 Å². The second-order valence-electron chi connectivity index (χ2n) is 6.96. The number of nitrogens with zero attached hydrogens (tertiary/aromatic N) is 3. The summed E-state index contributed by atoms with van der Waals surface area (Å²) in [5.74, 6) is -0.271. The molecule has 31 heavy (non-hydrogen) atoms. The van der Waals surface area contributed by atoms with Gasteiger partial charge in [0.05, 0.1) is 24.4 Å². The maximum Gasteiger partial charge on any atom is 0.340 e. The van der Waals surface area contributed by atoms with Crippen molar-refractivity contribution >= 4 is 17.6 Å². The van der Waals surface area contributed by atoms with Gasteiger partial charge in [-0.2, -0.15) is 5.10 Å². The molecule has 2 heterocycles. The molecule has 7 nitrogen and oxygen atoms in total. The Labute approximate surface area is 179 Å². The number of aromatic nitrogens is 1. The highest BCUT2D eigenvalue weighted by atomic mass is 16.5. The molecule has 1 aliphatic heterocycles. The summed E-state index contributed by atoms with van der Waals surface area (Å²) in [6.45, 7) is -0.411. The molecular formula is C24H21N3O4. The number of hydrogen-bond donors (Lipinski definition) is 0. The lowest BCUT2D eigenvalue weighted by atomic mass is 9.98. The Kier molecular flexibility index (Phi) is 6.03. The van der Waals surface area contributed by atoms with Gasteiger partial charge in [-0.25, -0.2) is 9.80 Å². The van der Waals surface area contributed by atoms with Gasteiger partial charge < -0.3 is 9.47 Å². The number of carbonyl (C=O) groups excluding carboxylic acids is 2. The lowest BCUT2D eigenvalue weighted by Crippen LogP contribution is -2.31. The molecule has 1 atom stereocenters. The standard InChI is InChI=1S/C24H21N3O4/c1-30-20-11-9-18(10-12-20)22-14-21(17-6-3-2-4-7-17)26-27(22)23(28)16-31-24(29)19-8-5-13-25-15-19/h2-13,15,22H,14,16H2,1H3/t22-/m0/s1. The number of esters is 1.